The monoisotopic (exact) mass is 201 g/mol. The Morgan fingerprint density at radius 1 is 1.07 bits per heavy atom. The lowest BCUT2D eigenvalue weighted by molar-refractivity contribution is 0.600. The molecule has 0 aromatic heterocycles. The van der Waals surface area contributed by atoms with Gasteiger partial charge in [-0.05, 0) is 44.2 Å². The van der Waals surface area contributed by atoms with Crippen molar-refractivity contribution in [2.45, 2.75) is 39.0 Å². The zero-order valence-corrected chi connectivity index (χ0v) is 9.42. The number of para-hydroxylation sites is 1. The molecule has 0 atom stereocenters. The van der Waals surface area contributed by atoms with E-state index in [1.807, 2.05) is 12.1 Å². The van der Waals surface area contributed by atoms with Crippen LogP contribution in [-0.4, -0.2) is 0 Å². The number of nitrogens with two attached hydrogens (primary N) is 1. The Morgan fingerprint density at radius 3 is 2.40 bits per heavy atom. The Morgan fingerprint density at radius 2 is 1.73 bits per heavy atom. The molecule has 0 bridgehead atoms. The van der Waals surface area contributed by atoms with Crippen LogP contribution in [0.3, 0.4) is 0 Å². The van der Waals surface area contributed by atoms with Crippen LogP contribution in [0.15, 0.2) is 29.8 Å². The molecule has 2 N–H and O–H groups in total. The summed E-state index contributed by atoms with van der Waals surface area (Å²) < 4.78 is 0. The van der Waals surface area contributed by atoms with Crippen LogP contribution in [0.1, 0.15) is 44.6 Å². The van der Waals surface area contributed by atoms with Gasteiger partial charge in [0.25, 0.3) is 0 Å². The number of allylic oxidation sites excluding steroid dienone is 2. The Balaban J connectivity index is 2.33. The van der Waals surface area contributed by atoms with Crippen LogP contribution in [0.25, 0.3) is 5.57 Å². The molecule has 0 spiro atoms. The summed E-state index contributed by atoms with van der Waals surface area (Å²) in [6, 6.07) is 8.19. The van der Waals surface area contributed by atoms with Crippen molar-refractivity contribution in [3.05, 3.63) is 35.4 Å². The highest BCUT2D eigenvalue weighted by Crippen LogP contribution is 2.32. The Labute approximate surface area is 92.0 Å². The second kappa shape index (κ2) is 4.52. The number of rotatable bonds is 1. The molecular weight excluding hydrogens is 182 g/mol. The molecule has 1 aliphatic carbocycles. The number of anilines is 1. The SMILES string of the molecule is CC(=C1CCCCC1)c1ccccc1N. The van der Waals surface area contributed by atoms with Crippen molar-refractivity contribution >= 4 is 11.3 Å². The molecule has 0 radical (unpaired) electrons. The predicted molar refractivity (Wildman–Crippen MR) is 66.5 cm³/mol. The third kappa shape index (κ3) is 2.23. The first-order chi connectivity index (χ1) is 7.29. The van der Waals surface area contributed by atoms with Gasteiger partial charge in [0.15, 0.2) is 0 Å². The fourth-order valence-corrected chi connectivity index (χ4v) is 2.38. The standard InChI is InChI=1S/C14H19N/c1-11(12-7-3-2-4-8-12)13-9-5-6-10-14(13)15/h5-6,9-10H,2-4,7-8,15H2,1H3. The first-order valence-electron chi connectivity index (χ1n) is 5.82. The average Bonchev–Trinajstić information content (AvgIpc) is 2.30. The van der Waals surface area contributed by atoms with E-state index in [-0.39, 0.29) is 0 Å². The van der Waals surface area contributed by atoms with E-state index >= 15 is 0 Å². The number of hydrogen-bond donors (Lipinski definition) is 1. The summed E-state index contributed by atoms with van der Waals surface area (Å²) in [5.41, 5.74) is 11.2. The van der Waals surface area contributed by atoms with Crippen LogP contribution in [0.2, 0.25) is 0 Å². The van der Waals surface area contributed by atoms with Crippen LogP contribution in [0.4, 0.5) is 5.69 Å². The Kier molecular flexibility index (Phi) is 3.10. The molecule has 0 amide bonds. The van der Waals surface area contributed by atoms with Crippen molar-refractivity contribution in [3.8, 4) is 0 Å². The summed E-state index contributed by atoms with van der Waals surface area (Å²) in [5.74, 6) is 0. The van der Waals surface area contributed by atoms with Crippen molar-refractivity contribution in [2.24, 2.45) is 0 Å². The highest BCUT2D eigenvalue weighted by atomic mass is 14.6. The molecule has 80 valence electrons. The molecule has 1 aromatic rings. The van der Waals surface area contributed by atoms with Gasteiger partial charge >= 0.3 is 0 Å². The molecule has 1 saturated carbocycles. The predicted octanol–water partition coefficient (Wildman–Crippen LogP) is 4.01. The highest BCUT2D eigenvalue weighted by Gasteiger charge is 2.10. The second-order valence-electron chi connectivity index (χ2n) is 4.38. The van der Waals surface area contributed by atoms with Crippen molar-refractivity contribution in [2.75, 3.05) is 5.73 Å². The molecule has 1 aromatic carbocycles. The summed E-state index contributed by atoms with van der Waals surface area (Å²) in [5, 5.41) is 0. The molecule has 0 heterocycles. The molecule has 0 unspecified atom stereocenters. The topological polar surface area (TPSA) is 26.0 Å². The minimum atomic E-state index is 0.910. The second-order valence-corrected chi connectivity index (χ2v) is 4.38. The normalized spacial score (nSPS) is 16.5. The van der Waals surface area contributed by atoms with Crippen molar-refractivity contribution < 1.29 is 0 Å². The minimum Gasteiger partial charge on any atom is -0.398 e. The molecule has 1 fully saturated rings. The quantitative estimate of drug-likeness (QED) is 0.683. The van der Waals surface area contributed by atoms with E-state index < -0.39 is 0 Å². The fraction of sp³-hybridized carbons (Fsp3) is 0.429. The third-order valence-electron chi connectivity index (χ3n) is 3.35. The number of nitrogen functional groups attached to an aromatic ring is 1. The van der Waals surface area contributed by atoms with Crippen molar-refractivity contribution in [1.29, 1.82) is 0 Å². The largest absolute Gasteiger partial charge is 0.398 e. The Hall–Kier alpha value is -1.24. The van der Waals surface area contributed by atoms with Crippen LogP contribution in [-0.2, 0) is 0 Å². The Bertz CT molecular complexity index is 369. The zero-order chi connectivity index (χ0) is 10.7. The van der Waals surface area contributed by atoms with Gasteiger partial charge in [0.2, 0.25) is 0 Å². The van der Waals surface area contributed by atoms with E-state index in [1.54, 1.807) is 5.57 Å². The van der Waals surface area contributed by atoms with Gasteiger partial charge in [0.05, 0.1) is 0 Å². The van der Waals surface area contributed by atoms with Gasteiger partial charge in [-0.2, -0.15) is 0 Å². The van der Waals surface area contributed by atoms with Crippen molar-refractivity contribution in [3.63, 3.8) is 0 Å². The van der Waals surface area contributed by atoms with E-state index in [0.29, 0.717) is 0 Å². The highest BCUT2D eigenvalue weighted by molar-refractivity contribution is 5.75. The fourth-order valence-electron chi connectivity index (χ4n) is 2.38. The number of benzene rings is 1. The van der Waals surface area contributed by atoms with Gasteiger partial charge in [-0.3, -0.25) is 0 Å². The molecule has 0 aliphatic heterocycles. The molecule has 0 saturated heterocycles. The molecule has 1 nitrogen and oxygen atoms in total. The average molecular weight is 201 g/mol. The van der Waals surface area contributed by atoms with E-state index in [1.165, 1.54) is 43.2 Å². The molecular formula is C14H19N. The third-order valence-corrected chi connectivity index (χ3v) is 3.35. The first kappa shape index (κ1) is 10.3. The zero-order valence-electron chi connectivity index (χ0n) is 9.42. The molecule has 2 rings (SSSR count). The van der Waals surface area contributed by atoms with Crippen LogP contribution in [0.5, 0.6) is 0 Å². The maximum Gasteiger partial charge on any atom is 0.0390 e. The summed E-state index contributed by atoms with van der Waals surface area (Å²) in [4.78, 5) is 0. The summed E-state index contributed by atoms with van der Waals surface area (Å²) in [6.07, 6.45) is 6.61. The van der Waals surface area contributed by atoms with Gasteiger partial charge in [0.1, 0.15) is 0 Å². The van der Waals surface area contributed by atoms with Crippen LogP contribution in [0, 0.1) is 0 Å². The maximum atomic E-state index is 5.99. The van der Waals surface area contributed by atoms with Gasteiger partial charge in [-0.1, -0.05) is 30.2 Å². The van der Waals surface area contributed by atoms with Crippen LogP contribution < -0.4 is 5.73 Å². The van der Waals surface area contributed by atoms with Gasteiger partial charge in [-0.15, -0.1) is 0 Å². The van der Waals surface area contributed by atoms with Gasteiger partial charge in [0, 0.05) is 11.3 Å². The molecule has 1 aliphatic rings. The number of hydrogen-bond acceptors (Lipinski definition) is 1. The maximum absolute atomic E-state index is 5.99. The van der Waals surface area contributed by atoms with E-state index in [0.717, 1.165) is 5.69 Å². The lowest BCUT2D eigenvalue weighted by atomic mass is 9.88. The molecule has 15 heavy (non-hydrogen) atoms. The smallest absolute Gasteiger partial charge is 0.0390 e. The van der Waals surface area contributed by atoms with Crippen LogP contribution >= 0.6 is 0 Å². The van der Waals surface area contributed by atoms with Gasteiger partial charge < -0.3 is 5.73 Å². The summed E-state index contributed by atoms with van der Waals surface area (Å²) >= 11 is 0. The molecule has 1 heteroatoms. The van der Waals surface area contributed by atoms with E-state index in [9.17, 15) is 0 Å². The lowest BCUT2D eigenvalue weighted by Gasteiger charge is -2.18. The van der Waals surface area contributed by atoms with E-state index in [2.05, 4.69) is 19.1 Å². The summed E-state index contributed by atoms with van der Waals surface area (Å²) in [7, 11) is 0. The van der Waals surface area contributed by atoms with Crippen molar-refractivity contribution in [1.82, 2.24) is 0 Å². The first-order valence-corrected chi connectivity index (χ1v) is 5.82. The summed E-state index contributed by atoms with van der Waals surface area (Å²) in [6.45, 7) is 2.21. The lowest BCUT2D eigenvalue weighted by Crippen LogP contribution is -1.99. The van der Waals surface area contributed by atoms with Gasteiger partial charge in [-0.25, -0.2) is 0 Å². The van der Waals surface area contributed by atoms with E-state index in [4.69, 9.17) is 5.73 Å². The minimum absolute atomic E-state index is 0.910.